The average molecular weight is 327 g/mol. The number of nitrogens with zero attached hydrogens (tertiary/aromatic N) is 2. The quantitative estimate of drug-likeness (QED) is 0.735. The Morgan fingerprint density at radius 2 is 1.91 bits per heavy atom. The monoisotopic (exact) mass is 326 g/mol. The van der Waals surface area contributed by atoms with Crippen molar-refractivity contribution in [3.05, 3.63) is 81.7 Å². The summed E-state index contributed by atoms with van der Waals surface area (Å²) in [5.74, 6) is 0.262. The fraction of sp³-hybridized carbons (Fsp3) is 0.111. The molecule has 0 saturated heterocycles. The van der Waals surface area contributed by atoms with Crippen molar-refractivity contribution in [2.75, 3.05) is 7.11 Å². The summed E-state index contributed by atoms with van der Waals surface area (Å²) in [4.78, 5) is 12.6. The van der Waals surface area contributed by atoms with Crippen LogP contribution in [0.3, 0.4) is 0 Å². The van der Waals surface area contributed by atoms with Gasteiger partial charge in [-0.2, -0.15) is 5.10 Å². The summed E-state index contributed by atoms with van der Waals surface area (Å²) in [6.45, 7) is 0.395. The van der Waals surface area contributed by atoms with Gasteiger partial charge in [0.25, 0.3) is 0 Å². The summed E-state index contributed by atoms with van der Waals surface area (Å²) in [6.07, 6.45) is 1.63. The highest BCUT2D eigenvalue weighted by Crippen LogP contribution is 2.27. The second-order valence-corrected chi connectivity index (χ2v) is 5.49. The zero-order valence-electron chi connectivity index (χ0n) is 12.6. The maximum absolute atomic E-state index is 12.6. The molecule has 0 bridgehead atoms. The van der Waals surface area contributed by atoms with Gasteiger partial charge in [0, 0.05) is 10.6 Å². The number of rotatable bonds is 4. The smallest absolute Gasteiger partial charge is 0.310 e. The molecule has 1 heterocycles. The Bertz CT molecular complexity index is 876. The van der Waals surface area contributed by atoms with Crippen LogP contribution in [0.1, 0.15) is 5.56 Å². The van der Waals surface area contributed by atoms with Crippen LogP contribution in [0.5, 0.6) is 5.75 Å². The summed E-state index contributed by atoms with van der Waals surface area (Å²) >= 11 is 6.02. The second kappa shape index (κ2) is 6.67. The van der Waals surface area contributed by atoms with Crippen LogP contribution >= 0.6 is 11.6 Å². The van der Waals surface area contributed by atoms with Gasteiger partial charge in [-0.25, -0.2) is 4.68 Å². The molecule has 0 aliphatic rings. The second-order valence-electron chi connectivity index (χ2n) is 5.05. The van der Waals surface area contributed by atoms with Gasteiger partial charge in [0.2, 0.25) is 0 Å². The van der Waals surface area contributed by atoms with Gasteiger partial charge in [-0.1, -0.05) is 54.1 Å². The van der Waals surface area contributed by atoms with E-state index in [0.717, 1.165) is 11.1 Å². The molecule has 0 saturated carbocycles. The van der Waals surface area contributed by atoms with E-state index in [-0.39, 0.29) is 11.3 Å². The molecule has 0 unspecified atom stereocenters. The van der Waals surface area contributed by atoms with Crippen molar-refractivity contribution in [3.63, 3.8) is 0 Å². The maximum Gasteiger partial charge on any atom is 0.310 e. The van der Waals surface area contributed by atoms with Crippen LogP contribution in [0.2, 0.25) is 5.02 Å². The number of aromatic nitrogens is 2. The number of ether oxygens (including phenoxy) is 1. The van der Waals surface area contributed by atoms with E-state index in [1.165, 1.54) is 11.8 Å². The fourth-order valence-corrected chi connectivity index (χ4v) is 2.59. The first-order valence-electron chi connectivity index (χ1n) is 7.13. The van der Waals surface area contributed by atoms with Crippen LogP contribution in [-0.4, -0.2) is 16.9 Å². The molecule has 116 valence electrons. The van der Waals surface area contributed by atoms with Crippen LogP contribution in [0.25, 0.3) is 11.1 Å². The van der Waals surface area contributed by atoms with Crippen LogP contribution in [0.15, 0.2) is 65.6 Å². The molecule has 4 nitrogen and oxygen atoms in total. The SMILES string of the molecule is COc1c(-c2cccc(Cl)c2)cnn(Cc2ccccc2)c1=O. The summed E-state index contributed by atoms with van der Waals surface area (Å²) in [5, 5.41) is 4.86. The van der Waals surface area contributed by atoms with Crippen molar-refractivity contribution in [2.24, 2.45) is 0 Å². The van der Waals surface area contributed by atoms with Gasteiger partial charge in [0.1, 0.15) is 0 Å². The van der Waals surface area contributed by atoms with Gasteiger partial charge in [0.15, 0.2) is 5.75 Å². The lowest BCUT2D eigenvalue weighted by atomic mass is 10.1. The molecule has 0 aliphatic heterocycles. The molecule has 2 aromatic carbocycles. The molecular weight excluding hydrogens is 312 g/mol. The summed E-state index contributed by atoms with van der Waals surface area (Å²) in [7, 11) is 1.48. The summed E-state index contributed by atoms with van der Waals surface area (Å²) in [5.41, 5.74) is 2.16. The Kier molecular flexibility index (Phi) is 4.44. The molecule has 0 atom stereocenters. The molecule has 5 heteroatoms. The Labute approximate surface area is 138 Å². The van der Waals surface area contributed by atoms with E-state index in [1.807, 2.05) is 42.5 Å². The lowest BCUT2D eigenvalue weighted by molar-refractivity contribution is 0.400. The predicted octanol–water partition coefficient (Wildman–Crippen LogP) is 3.62. The number of hydrogen-bond acceptors (Lipinski definition) is 3. The van der Waals surface area contributed by atoms with Gasteiger partial charge >= 0.3 is 5.56 Å². The Balaban J connectivity index is 2.05. The van der Waals surface area contributed by atoms with E-state index < -0.39 is 0 Å². The first-order chi connectivity index (χ1) is 11.2. The predicted molar refractivity (Wildman–Crippen MR) is 91.0 cm³/mol. The maximum atomic E-state index is 12.6. The molecular formula is C18H15ClN2O2. The van der Waals surface area contributed by atoms with E-state index >= 15 is 0 Å². The zero-order valence-corrected chi connectivity index (χ0v) is 13.3. The van der Waals surface area contributed by atoms with Gasteiger partial charge < -0.3 is 4.74 Å². The van der Waals surface area contributed by atoms with Crippen LogP contribution in [0.4, 0.5) is 0 Å². The Morgan fingerprint density at radius 1 is 1.13 bits per heavy atom. The minimum Gasteiger partial charge on any atom is -0.491 e. The fourth-order valence-electron chi connectivity index (χ4n) is 2.40. The summed E-state index contributed by atoms with van der Waals surface area (Å²) in [6, 6.07) is 16.9. The molecule has 0 amide bonds. The molecule has 0 fully saturated rings. The Morgan fingerprint density at radius 3 is 2.61 bits per heavy atom. The highest BCUT2D eigenvalue weighted by molar-refractivity contribution is 6.30. The van der Waals surface area contributed by atoms with Crippen molar-refractivity contribution in [2.45, 2.75) is 6.54 Å². The van der Waals surface area contributed by atoms with Crippen molar-refractivity contribution in [3.8, 4) is 16.9 Å². The first kappa shape index (κ1) is 15.3. The van der Waals surface area contributed by atoms with E-state index in [9.17, 15) is 4.79 Å². The van der Waals surface area contributed by atoms with Crippen LogP contribution in [-0.2, 0) is 6.54 Å². The van der Waals surface area contributed by atoms with Crippen molar-refractivity contribution < 1.29 is 4.74 Å². The highest BCUT2D eigenvalue weighted by Gasteiger charge is 2.14. The standard InChI is InChI=1S/C18H15ClN2O2/c1-23-17-16(14-8-5-9-15(19)10-14)11-20-21(18(17)22)12-13-6-3-2-4-7-13/h2-11H,12H2,1H3. The van der Waals surface area contributed by atoms with E-state index in [4.69, 9.17) is 16.3 Å². The largest absolute Gasteiger partial charge is 0.491 e. The van der Waals surface area contributed by atoms with E-state index in [2.05, 4.69) is 5.10 Å². The molecule has 23 heavy (non-hydrogen) atoms. The molecule has 0 aliphatic carbocycles. The van der Waals surface area contributed by atoms with Gasteiger partial charge in [0.05, 0.1) is 19.9 Å². The molecule has 3 rings (SSSR count). The normalized spacial score (nSPS) is 10.5. The molecule has 3 aromatic rings. The number of benzene rings is 2. The van der Waals surface area contributed by atoms with E-state index in [1.54, 1.807) is 18.3 Å². The van der Waals surface area contributed by atoms with Crippen LogP contribution in [0, 0.1) is 0 Å². The Hall–Kier alpha value is -2.59. The third-order valence-corrected chi connectivity index (χ3v) is 3.75. The van der Waals surface area contributed by atoms with Crippen molar-refractivity contribution in [1.82, 2.24) is 9.78 Å². The first-order valence-corrected chi connectivity index (χ1v) is 7.51. The third-order valence-electron chi connectivity index (χ3n) is 3.51. The van der Waals surface area contributed by atoms with Gasteiger partial charge in [-0.15, -0.1) is 0 Å². The minimum atomic E-state index is -0.270. The topological polar surface area (TPSA) is 44.1 Å². The van der Waals surface area contributed by atoms with Gasteiger partial charge in [-0.05, 0) is 23.3 Å². The minimum absolute atomic E-state index is 0.262. The van der Waals surface area contributed by atoms with Crippen molar-refractivity contribution in [1.29, 1.82) is 0 Å². The number of hydrogen-bond donors (Lipinski definition) is 0. The van der Waals surface area contributed by atoms with Crippen molar-refractivity contribution >= 4 is 11.6 Å². The lowest BCUT2D eigenvalue weighted by Crippen LogP contribution is -2.25. The third kappa shape index (κ3) is 3.27. The molecule has 0 spiro atoms. The molecule has 0 radical (unpaired) electrons. The summed E-state index contributed by atoms with van der Waals surface area (Å²) < 4.78 is 6.72. The van der Waals surface area contributed by atoms with E-state index in [0.29, 0.717) is 17.1 Å². The number of methoxy groups -OCH3 is 1. The molecule has 1 aromatic heterocycles. The van der Waals surface area contributed by atoms with Crippen LogP contribution < -0.4 is 10.3 Å². The lowest BCUT2D eigenvalue weighted by Gasteiger charge is -2.11. The average Bonchev–Trinajstić information content (AvgIpc) is 2.57. The highest BCUT2D eigenvalue weighted by atomic mass is 35.5. The number of halogens is 1. The molecule has 0 N–H and O–H groups in total. The van der Waals surface area contributed by atoms with Gasteiger partial charge in [-0.3, -0.25) is 4.79 Å². The zero-order chi connectivity index (χ0) is 16.2.